The number of carboxylic acids is 1. The molecule has 0 radical (unpaired) electrons. The third-order valence-corrected chi connectivity index (χ3v) is 4.00. The average molecular weight is 285 g/mol. The molecule has 1 atom stereocenters. The van der Waals surface area contributed by atoms with Crippen LogP contribution in [0.15, 0.2) is 12.4 Å². The van der Waals surface area contributed by atoms with Crippen LogP contribution in [0.3, 0.4) is 0 Å². The summed E-state index contributed by atoms with van der Waals surface area (Å²) >= 11 is 6.36. The molecule has 0 unspecified atom stereocenters. The summed E-state index contributed by atoms with van der Waals surface area (Å²) in [6.07, 6.45) is 3.03. The molecule has 0 fully saturated rings. The van der Waals surface area contributed by atoms with Gasteiger partial charge in [-0.2, -0.15) is 0 Å². The molecule has 1 aromatic rings. The average Bonchev–Trinajstić information content (AvgIpc) is 2.25. The number of alkyl halides is 1. The Morgan fingerprint density at radius 1 is 1.11 bits per heavy atom. The van der Waals surface area contributed by atoms with Gasteiger partial charge >= 0.3 is 5.97 Å². The summed E-state index contributed by atoms with van der Waals surface area (Å²) in [5, 5.41) is 9.46. The lowest BCUT2D eigenvalue weighted by Gasteiger charge is -2.35. The normalized spacial score (nSPS) is 15.9. The Kier molecular flexibility index (Phi) is 3.97. The number of hydrogen-bond donors (Lipinski definition) is 1. The van der Waals surface area contributed by atoms with E-state index in [0.29, 0.717) is 11.4 Å². The molecule has 5 heteroatoms. The minimum atomic E-state index is -1.54. The van der Waals surface area contributed by atoms with Gasteiger partial charge in [0.2, 0.25) is 0 Å². The van der Waals surface area contributed by atoms with Crippen LogP contribution in [0.1, 0.15) is 52.9 Å². The molecule has 1 aromatic heterocycles. The number of carbonyl (C=O) groups is 1. The monoisotopic (exact) mass is 284 g/mol. The van der Waals surface area contributed by atoms with E-state index in [1.54, 1.807) is 20.8 Å². The first-order chi connectivity index (χ1) is 8.40. The van der Waals surface area contributed by atoms with Gasteiger partial charge in [-0.25, -0.2) is 14.8 Å². The number of halogens is 1. The van der Waals surface area contributed by atoms with Crippen LogP contribution in [-0.4, -0.2) is 21.0 Å². The number of aromatic nitrogens is 2. The van der Waals surface area contributed by atoms with Crippen LogP contribution in [0, 0.1) is 5.41 Å². The maximum Gasteiger partial charge on any atom is 0.330 e. The van der Waals surface area contributed by atoms with Crippen molar-refractivity contribution in [1.29, 1.82) is 0 Å². The highest BCUT2D eigenvalue weighted by Gasteiger charge is 2.49. The van der Waals surface area contributed by atoms with E-state index in [0.717, 1.165) is 0 Å². The molecular weight excluding hydrogens is 264 g/mol. The standard InChI is InChI=1S/C14H21ClN2O2/c1-12(2,3)10-16-7-9(8-17-10)14(15,11(18)19)13(4,5)6/h7-8H,1-6H3,(H,18,19)/t14-/m0/s1. The maximum atomic E-state index is 11.6. The van der Waals surface area contributed by atoms with Crippen molar-refractivity contribution in [2.45, 2.75) is 51.8 Å². The number of hydrogen-bond acceptors (Lipinski definition) is 3. The smallest absolute Gasteiger partial charge is 0.330 e. The van der Waals surface area contributed by atoms with Gasteiger partial charge in [-0.1, -0.05) is 41.5 Å². The van der Waals surface area contributed by atoms with Crippen LogP contribution in [0.5, 0.6) is 0 Å². The second-order valence-corrected chi connectivity index (χ2v) is 7.33. The number of nitrogens with zero attached hydrogens (tertiary/aromatic N) is 2. The van der Waals surface area contributed by atoms with Gasteiger partial charge in [-0.3, -0.25) is 0 Å². The van der Waals surface area contributed by atoms with Crippen molar-refractivity contribution in [3.05, 3.63) is 23.8 Å². The Hall–Kier alpha value is -1.16. The van der Waals surface area contributed by atoms with E-state index >= 15 is 0 Å². The Labute approximate surface area is 119 Å². The summed E-state index contributed by atoms with van der Waals surface area (Å²) in [6, 6.07) is 0. The number of rotatable bonds is 2. The largest absolute Gasteiger partial charge is 0.480 e. The fraction of sp³-hybridized carbons (Fsp3) is 0.643. The topological polar surface area (TPSA) is 63.1 Å². The minimum absolute atomic E-state index is 0.182. The minimum Gasteiger partial charge on any atom is -0.480 e. The highest BCUT2D eigenvalue weighted by molar-refractivity contribution is 6.34. The second-order valence-electron chi connectivity index (χ2n) is 6.76. The van der Waals surface area contributed by atoms with Crippen molar-refractivity contribution in [3.8, 4) is 0 Å². The van der Waals surface area contributed by atoms with Gasteiger partial charge < -0.3 is 5.11 Å². The zero-order valence-corrected chi connectivity index (χ0v) is 13.0. The van der Waals surface area contributed by atoms with Crippen LogP contribution in [0.25, 0.3) is 0 Å². The molecule has 1 rings (SSSR count). The van der Waals surface area contributed by atoms with Crippen molar-refractivity contribution in [2.24, 2.45) is 5.41 Å². The highest BCUT2D eigenvalue weighted by atomic mass is 35.5. The molecule has 0 aliphatic rings. The van der Waals surface area contributed by atoms with Crippen LogP contribution in [0.4, 0.5) is 0 Å². The Bertz CT molecular complexity index is 472. The summed E-state index contributed by atoms with van der Waals surface area (Å²) in [5.41, 5.74) is -0.437. The molecule has 0 bridgehead atoms. The molecule has 1 heterocycles. The van der Waals surface area contributed by atoms with Crippen molar-refractivity contribution in [3.63, 3.8) is 0 Å². The van der Waals surface area contributed by atoms with Crippen LogP contribution < -0.4 is 0 Å². The molecule has 0 saturated heterocycles. The van der Waals surface area contributed by atoms with E-state index in [4.69, 9.17) is 11.6 Å². The van der Waals surface area contributed by atoms with Gasteiger partial charge in [0.1, 0.15) is 5.82 Å². The lowest BCUT2D eigenvalue weighted by atomic mass is 9.76. The number of carboxylic acid groups (broad SMARTS) is 1. The second kappa shape index (κ2) is 4.75. The fourth-order valence-corrected chi connectivity index (χ4v) is 1.87. The first kappa shape index (κ1) is 15.9. The van der Waals surface area contributed by atoms with E-state index in [1.807, 2.05) is 20.8 Å². The van der Waals surface area contributed by atoms with Crippen molar-refractivity contribution >= 4 is 17.6 Å². The summed E-state index contributed by atoms with van der Waals surface area (Å²) < 4.78 is 0. The molecule has 1 N–H and O–H groups in total. The van der Waals surface area contributed by atoms with Crippen molar-refractivity contribution in [2.75, 3.05) is 0 Å². The zero-order valence-electron chi connectivity index (χ0n) is 12.3. The Morgan fingerprint density at radius 2 is 1.53 bits per heavy atom. The van der Waals surface area contributed by atoms with Gasteiger partial charge in [0, 0.05) is 23.4 Å². The molecule has 0 spiro atoms. The predicted molar refractivity (Wildman–Crippen MR) is 75.4 cm³/mol. The molecule has 19 heavy (non-hydrogen) atoms. The van der Waals surface area contributed by atoms with Crippen molar-refractivity contribution in [1.82, 2.24) is 9.97 Å². The number of aliphatic carboxylic acids is 1. The molecule has 106 valence electrons. The Balaban J connectivity index is 3.32. The summed E-state index contributed by atoms with van der Waals surface area (Å²) in [5.74, 6) is -0.427. The summed E-state index contributed by atoms with van der Waals surface area (Å²) in [7, 11) is 0. The maximum absolute atomic E-state index is 11.6. The molecule has 0 aliphatic carbocycles. The molecule has 4 nitrogen and oxygen atoms in total. The van der Waals surface area contributed by atoms with E-state index in [-0.39, 0.29) is 5.41 Å². The summed E-state index contributed by atoms with van der Waals surface area (Å²) in [4.78, 5) is 18.5. The molecular formula is C14H21ClN2O2. The van der Waals surface area contributed by atoms with E-state index < -0.39 is 16.3 Å². The van der Waals surface area contributed by atoms with Gasteiger partial charge in [0.05, 0.1) is 0 Å². The SMILES string of the molecule is CC(C)(C)c1ncc([C@](Cl)(C(=O)O)C(C)(C)C)cn1. The van der Waals surface area contributed by atoms with E-state index in [1.165, 1.54) is 12.4 Å². The third-order valence-electron chi connectivity index (χ3n) is 3.05. The van der Waals surface area contributed by atoms with E-state index in [9.17, 15) is 9.90 Å². The quantitative estimate of drug-likeness (QED) is 0.846. The van der Waals surface area contributed by atoms with Crippen LogP contribution in [0.2, 0.25) is 0 Å². The lowest BCUT2D eigenvalue weighted by molar-refractivity contribution is -0.143. The van der Waals surface area contributed by atoms with Gasteiger partial charge in [0.15, 0.2) is 4.87 Å². The predicted octanol–water partition coefficient (Wildman–Crippen LogP) is 3.34. The zero-order chi connectivity index (χ0) is 15.1. The Morgan fingerprint density at radius 3 is 1.79 bits per heavy atom. The lowest BCUT2D eigenvalue weighted by Crippen LogP contribution is -2.42. The van der Waals surface area contributed by atoms with Gasteiger partial charge in [-0.15, -0.1) is 11.6 Å². The molecule has 0 aromatic carbocycles. The first-order valence-corrected chi connectivity index (χ1v) is 6.54. The van der Waals surface area contributed by atoms with Gasteiger partial charge in [0.25, 0.3) is 0 Å². The highest BCUT2D eigenvalue weighted by Crippen LogP contribution is 2.45. The summed E-state index contributed by atoms with van der Waals surface area (Å²) in [6.45, 7) is 11.3. The molecule has 0 saturated carbocycles. The van der Waals surface area contributed by atoms with E-state index in [2.05, 4.69) is 9.97 Å². The molecule has 0 aliphatic heterocycles. The van der Waals surface area contributed by atoms with Crippen LogP contribution >= 0.6 is 11.6 Å². The van der Waals surface area contributed by atoms with Crippen LogP contribution in [-0.2, 0) is 15.1 Å². The first-order valence-electron chi connectivity index (χ1n) is 6.16. The fourth-order valence-electron chi connectivity index (χ4n) is 1.77. The van der Waals surface area contributed by atoms with Crippen molar-refractivity contribution < 1.29 is 9.90 Å². The molecule has 0 amide bonds. The van der Waals surface area contributed by atoms with Gasteiger partial charge in [-0.05, 0) is 5.41 Å². The third kappa shape index (κ3) is 2.89.